The maximum Gasteiger partial charge on any atom is 0.150 e. The molecule has 5 nitrogen and oxygen atoms in total. The minimum absolute atomic E-state index is 0.355. The van der Waals surface area contributed by atoms with E-state index in [2.05, 4.69) is 15.0 Å². The third-order valence-corrected chi connectivity index (χ3v) is 3.60. The number of hydrogen-bond donors (Lipinski definition) is 2. The quantitative estimate of drug-likeness (QED) is 0.491. The highest BCUT2D eigenvalue weighted by Gasteiger charge is 2.08. The lowest BCUT2D eigenvalue weighted by Gasteiger charge is -2.08. The van der Waals surface area contributed by atoms with Crippen molar-refractivity contribution in [2.75, 3.05) is 11.7 Å². The highest BCUT2D eigenvalue weighted by Crippen LogP contribution is 2.28. The van der Waals surface area contributed by atoms with E-state index in [0.717, 1.165) is 15.6 Å². The number of ether oxygens (including phenoxy) is 1. The zero-order chi connectivity index (χ0) is 12.1. The van der Waals surface area contributed by atoms with Crippen LogP contribution in [0, 0.1) is 0 Å². The lowest BCUT2D eigenvalue weighted by molar-refractivity contribution is 0.294. The summed E-state index contributed by atoms with van der Waals surface area (Å²) in [5, 5.41) is 4.68. The number of anilines is 1. The number of thioether (sulfide) groups is 1. The molecule has 7 heteroatoms. The van der Waals surface area contributed by atoms with Crippen molar-refractivity contribution in [3.8, 4) is 5.75 Å². The fraction of sp³-hybridized carbons (Fsp3) is 0.200. The van der Waals surface area contributed by atoms with Crippen molar-refractivity contribution < 1.29 is 4.74 Å². The molecule has 0 bridgehead atoms. The van der Waals surface area contributed by atoms with Crippen molar-refractivity contribution >= 4 is 28.3 Å². The maximum atomic E-state index is 5.70. The molecule has 0 fully saturated rings. The van der Waals surface area contributed by atoms with Gasteiger partial charge >= 0.3 is 0 Å². The summed E-state index contributed by atoms with van der Waals surface area (Å²) in [6.07, 6.45) is 2.01. The second-order valence-corrected chi connectivity index (χ2v) is 4.73. The summed E-state index contributed by atoms with van der Waals surface area (Å²) in [7, 11) is 0. The van der Waals surface area contributed by atoms with Crippen molar-refractivity contribution in [1.82, 2.24) is 9.59 Å². The summed E-state index contributed by atoms with van der Waals surface area (Å²) in [5.41, 5.74) is 3.26. The summed E-state index contributed by atoms with van der Waals surface area (Å²) < 4.78 is 9.51. The number of para-hydroxylation sites is 1. The summed E-state index contributed by atoms with van der Waals surface area (Å²) in [4.78, 5) is 1.10. The molecule has 2 aromatic rings. The van der Waals surface area contributed by atoms with Gasteiger partial charge in [0.05, 0.1) is 0 Å². The molecule has 0 aliphatic carbocycles. The van der Waals surface area contributed by atoms with Gasteiger partial charge in [-0.15, -0.1) is 16.9 Å². The minimum Gasteiger partial charge on any atom is -0.486 e. The highest BCUT2D eigenvalue weighted by molar-refractivity contribution is 7.98. The smallest absolute Gasteiger partial charge is 0.150 e. The SMILES string of the molecule is CSc1ccccc1OCc1nnsc1NN. The van der Waals surface area contributed by atoms with Gasteiger partial charge in [-0.2, -0.15) is 0 Å². The van der Waals surface area contributed by atoms with Gasteiger partial charge in [-0.25, -0.2) is 5.84 Å². The Morgan fingerprint density at radius 3 is 3.06 bits per heavy atom. The molecule has 0 saturated heterocycles. The zero-order valence-corrected chi connectivity index (χ0v) is 10.8. The molecule has 1 aromatic carbocycles. The Bertz CT molecular complexity index is 489. The average Bonchev–Trinajstić information content (AvgIpc) is 2.84. The van der Waals surface area contributed by atoms with Gasteiger partial charge in [0.1, 0.15) is 18.1 Å². The second kappa shape index (κ2) is 5.85. The number of rotatable bonds is 5. The fourth-order valence-corrected chi connectivity index (χ4v) is 2.32. The predicted octanol–water partition coefficient (Wildman–Crippen LogP) is 2.12. The first-order valence-corrected chi connectivity index (χ1v) is 6.88. The van der Waals surface area contributed by atoms with Gasteiger partial charge in [-0.1, -0.05) is 16.6 Å². The largest absolute Gasteiger partial charge is 0.486 e. The standard InChI is InChI=1S/C10H12N4OS2/c1-16-9-5-3-2-4-8(9)15-6-7-10(12-11)17-14-13-7/h2-5,12H,6,11H2,1H3. The first-order chi connectivity index (χ1) is 8.35. The van der Waals surface area contributed by atoms with Crippen LogP contribution in [-0.4, -0.2) is 15.8 Å². The van der Waals surface area contributed by atoms with Gasteiger partial charge in [0.2, 0.25) is 0 Å². The molecule has 0 radical (unpaired) electrons. The Kier molecular flexibility index (Phi) is 4.18. The highest BCUT2D eigenvalue weighted by atomic mass is 32.2. The van der Waals surface area contributed by atoms with Crippen LogP contribution in [0.1, 0.15) is 5.69 Å². The molecule has 0 saturated carbocycles. The molecule has 0 aliphatic rings. The lowest BCUT2D eigenvalue weighted by atomic mass is 10.3. The molecule has 1 aromatic heterocycles. The van der Waals surface area contributed by atoms with E-state index in [9.17, 15) is 0 Å². The number of nitrogen functional groups attached to an aromatic ring is 1. The monoisotopic (exact) mass is 268 g/mol. The molecule has 3 N–H and O–H groups in total. The number of nitrogens with two attached hydrogens (primary N) is 1. The number of hydrazine groups is 1. The van der Waals surface area contributed by atoms with Crippen LogP contribution in [0.15, 0.2) is 29.2 Å². The van der Waals surface area contributed by atoms with Crippen LogP contribution < -0.4 is 16.0 Å². The first-order valence-electron chi connectivity index (χ1n) is 4.89. The fourth-order valence-electron chi connectivity index (χ4n) is 1.30. The van der Waals surface area contributed by atoms with E-state index in [1.54, 1.807) is 11.8 Å². The molecule has 0 atom stereocenters. The molecule has 0 unspecified atom stereocenters. The van der Waals surface area contributed by atoms with E-state index in [0.29, 0.717) is 12.3 Å². The Hall–Kier alpha value is -1.31. The van der Waals surface area contributed by atoms with E-state index >= 15 is 0 Å². The molecular weight excluding hydrogens is 256 g/mol. The van der Waals surface area contributed by atoms with E-state index in [1.165, 1.54) is 11.5 Å². The second-order valence-electron chi connectivity index (χ2n) is 3.13. The normalized spacial score (nSPS) is 10.2. The topological polar surface area (TPSA) is 73.1 Å². The van der Waals surface area contributed by atoms with Crippen molar-refractivity contribution in [1.29, 1.82) is 0 Å². The third kappa shape index (κ3) is 2.87. The van der Waals surface area contributed by atoms with Gasteiger partial charge in [0.15, 0.2) is 5.00 Å². The van der Waals surface area contributed by atoms with Crippen molar-refractivity contribution in [2.24, 2.45) is 5.84 Å². The van der Waals surface area contributed by atoms with Crippen LogP contribution in [0.3, 0.4) is 0 Å². The molecule has 90 valence electrons. The van der Waals surface area contributed by atoms with E-state index < -0.39 is 0 Å². The number of nitrogens with one attached hydrogen (secondary N) is 1. The first kappa shape index (κ1) is 12.2. The van der Waals surface area contributed by atoms with Crippen LogP contribution in [0.2, 0.25) is 0 Å². The summed E-state index contributed by atoms with van der Waals surface area (Å²) in [6, 6.07) is 7.87. The molecule has 0 spiro atoms. The average molecular weight is 268 g/mol. The number of hydrogen-bond acceptors (Lipinski definition) is 7. The Balaban J connectivity index is 2.07. The van der Waals surface area contributed by atoms with E-state index in [1.807, 2.05) is 30.5 Å². The number of aromatic nitrogens is 2. The third-order valence-electron chi connectivity index (χ3n) is 2.12. The predicted molar refractivity (Wildman–Crippen MR) is 70.3 cm³/mol. The number of benzene rings is 1. The maximum absolute atomic E-state index is 5.70. The van der Waals surface area contributed by atoms with Gasteiger partial charge in [-0.05, 0) is 18.4 Å². The van der Waals surface area contributed by atoms with Gasteiger partial charge in [0, 0.05) is 16.4 Å². The van der Waals surface area contributed by atoms with Crippen LogP contribution in [0.25, 0.3) is 0 Å². The van der Waals surface area contributed by atoms with Gasteiger partial charge in [0.25, 0.3) is 0 Å². The molecule has 2 rings (SSSR count). The summed E-state index contributed by atoms with van der Waals surface area (Å²) in [6.45, 7) is 0.355. The Morgan fingerprint density at radius 2 is 2.29 bits per heavy atom. The van der Waals surface area contributed by atoms with Crippen molar-refractivity contribution in [2.45, 2.75) is 11.5 Å². The molecule has 17 heavy (non-hydrogen) atoms. The van der Waals surface area contributed by atoms with Gasteiger partial charge in [-0.3, -0.25) is 0 Å². The van der Waals surface area contributed by atoms with Crippen molar-refractivity contribution in [3.63, 3.8) is 0 Å². The molecule has 0 amide bonds. The van der Waals surface area contributed by atoms with Crippen LogP contribution >= 0.6 is 23.3 Å². The van der Waals surface area contributed by atoms with Crippen LogP contribution in [-0.2, 0) is 6.61 Å². The van der Waals surface area contributed by atoms with E-state index in [-0.39, 0.29) is 0 Å². The molecule has 0 aliphatic heterocycles. The minimum atomic E-state index is 0.355. The Labute approximate surface area is 108 Å². The lowest BCUT2D eigenvalue weighted by Crippen LogP contribution is -2.08. The van der Waals surface area contributed by atoms with Crippen LogP contribution in [0.4, 0.5) is 5.00 Å². The molecular formula is C10H12N4OS2. The number of nitrogens with zero attached hydrogens (tertiary/aromatic N) is 2. The summed E-state index contributed by atoms with van der Waals surface area (Å²) >= 11 is 2.86. The molecule has 1 heterocycles. The van der Waals surface area contributed by atoms with Crippen molar-refractivity contribution in [3.05, 3.63) is 30.0 Å². The van der Waals surface area contributed by atoms with Crippen LogP contribution in [0.5, 0.6) is 5.75 Å². The van der Waals surface area contributed by atoms with E-state index in [4.69, 9.17) is 10.6 Å². The Morgan fingerprint density at radius 1 is 1.47 bits per heavy atom. The summed E-state index contributed by atoms with van der Waals surface area (Å²) in [5.74, 6) is 6.18. The van der Waals surface area contributed by atoms with Gasteiger partial charge < -0.3 is 10.2 Å². The zero-order valence-electron chi connectivity index (χ0n) is 9.21.